The Morgan fingerprint density at radius 3 is 2.76 bits per heavy atom. The maximum Gasteiger partial charge on any atom is 0.257 e. The number of rotatable bonds is 3. The van der Waals surface area contributed by atoms with Crippen molar-refractivity contribution in [3.8, 4) is 5.75 Å². The number of methoxy groups -OCH3 is 1. The fraction of sp³-hybridized carbons (Fsp3) is 0.364. The first-order valence-electron chi connectivity index (χ1n) is 9.82. The third kappa shape index (κ3) is 3.65. The lowest BCUT2D eigenvalue weighted by atomic mass is 10.0. The van der Waals surface area contributed by atoms with E-state index in [1.165, 1.54) is 0 Å². The zero-order chi connectivity index (χ0) is 20.5. The summed E-state index contributed by atoms with van der Waals surface area (Å²) in [4.78, 5) is 29.9. The third-order valence-electron chi connectivity index (χ3n) is 5.71. The first-order valence-corrected chi connectivity index (χ1v) is 10.2. The van der Waals surface area contributed by atoms with Gasteiger partial charge in [-0.05, 0) is 55.7 Å². The molecule has 1 saturated heterocycles. The summed E-state index contributed by atoms with van der Waals surface area (Å²) < 4.78 is 5.14. The average molecular weight is 414 g/mol. The second kappa shape index (κ2) is 7.95. The van der Waals surface area contributed by atoms with E-state index in [-0.39, 0.29) is 18.0 Å². The highest BCUT2D eigenvalue weighted by Gasteiger charge is 2.36. The van der Waals surface area contributed by atoms with E-state index in [0.717, 1.165) is 37.9 Å². The summed E-state index contributed by atoms with van der Waals surface area (Å²) in [6.45, 7) is 0.785. The first kappa shape index (κ1) is 19.6. The van der Waals surface area contributed by atoms with E-state index in [2.05, 4.69) is 10.2 Å². The normalized spacial score (nSPS) is 18.6. The lowest BCUT2D eigenvalue weighted by Gasteiger charge is -2.43. The summed E-state index contributed by atoms with van der Waals surface area (Å²) in [5.74, 6) is 0.351. The molecule has 1 fully saturated rings. The van der Waals surface area contributed by atoms with Crippen molar-refractivity contribution < 1.29 is 14.3 Å². The summed E-state index contributed by atoms with van der Waals surface area (Å²) in [7, 11) is 3.54. The molecule has 1 N–H and O–H groups in total. The van der Waals surface area contributed by atoms with Gasteiger partial charge in [-0.15, -0.1) is 0 Å². The maximum absolute atomic E-state index is 13.0. The van der Waals surface area contributed by atoms with Crippen LogP contribution in [-0.4, -0.2) is 43.6 Å². The quantitative estimate of drug-likeness (QED) is 0.810. The van der Waals surface area contributed by atoms with Gasteiger partial charge in [0.2, 0.25) is 0 Å². The van der Waals surface area contributed by atoms with Gasteiger partial charge in [0, 0.05) is 24.8 Å². The van der Waals surface area contributed by atoms with Crippen molar-refractivity contribution in [2.75, 3.05) is 30.9 Å². The van der Waals surface area contributed by atoms with Crippen LogP contribution >= 0.6 is 11.6 Å². The Bertz CT molecular complexity index is 962. The van der Waals surface area contributed by atoms with Crippen molar-refractivity contribution in [1.82, 2.24) is 4.90 Å². The van der Waals surface area contributed by atoms with Crippen LogP contribution in [0.1, 0.15) is 46.4 Å². The van der Waals surface area contributed by atoms with E-state index in [4.69, 9.17) is 16.3 Å². The molecule has 2 heterocycles. The first-order chi connectivity index (χ1) is 14.0. The van der Waals surface area contributed by atoms with Gasteiger partial charge in [-0.25, -0.2) is 0 Å². The molecule has 0 spiro atoms. The fourth-order valence-corrected chi connectivity index (χ4v) is 4.40. The summed E-state index contributed by atoms with van der Waals surface area (Å²) in [6, 6.07) is 10.3. The van der Waals surface area contributed by atoms with Crippen LogP contribution in [0.15, 0.2) is 36.4 Å². The highest BCUT2D eigenvalue weighted by molar-refractivity contribution is 6.32. The van der Waals surface area contributed by atoms with Gasteiger partial charge in [-0.3, -0.25) is 9.59 Å². The molecule has 0 saturated carbocycles. The SMILES string of the molecule is COc1ccc(NC(=O)c2ccc3c(c2)N(C)[C@H]2CCCCCN2C3=O)cc1Cl. The highest BCUT2D eigenvalue weighted by Crippen LogP contribution is 2.34. The number of fused-ring (bicyclic) bond motifs is 2. The Morgan fingerprint density at radius 2 is 2.00 bits per heavy atom. The van der Waals surface area contributed by atoms with Gasteiger partial charge in [-0.1, -0.05) is 18.0 Å². The van der Waals surface area contributed by atoms with Gasteiger partial charge in [0.1, 0.15) is 11.9 Å². The summed E-state index contributed by atoms with van der Waals surface area (Å²) in [6.07, 6.45) is 4.28. The van der Waals surface area contributed by atoms with Gasteiger partial charge < -0.3 is 19.9 Å². The molecule has 1 atom stereocenters. The van der Waals surface area contributed by atoms with E-state index < -0.39 is 0 Å². The van der Waals surface area contributed by atoms with Crippen LogP contribution in [-0.2, 0) is 0 Å². The van der Waals surface area contributed by atoms with Gasteiger partial charge in [0.25, 0.3) is 11.8 Å². The minimum absolute atomic E-state index is 0.0520. The third-order valence-corrected chi connectivity index (χ3v) is 6.00. The molecule has 6 nitrogen and oxygen atoms in total. The molecule has 2 aromatic carbocycles. The lowest BCUT2D eigenvalue weighted by Crippen LogP contribution is -2.53. The van der Waals surface area contributed by atoms with Crippen molar-refractivity contribution in [3.05, 3.63) is 52.5 Å². The number of halogens is 1. The molecule has 152 valence electrons. The molecule has 0 aliphatic carbocycles. The Kier molecular flexibility index (Phi) is 5.37. The molecule has 2 aliphatic heterocycles. The second-order valence-corrected chi connectivity index (χ2v) is 7.88. The number of hydrogen-bond donors (Lipinski definition) is 1. The smallest absolute Gasteiger partial charge is 0.257 e. The Hall–Kier alpha value is -2.73. The lowest BCUT2D eigenvalue weighted by molar-refractivity contribution is 0.0661. The van der Waals surface area contributed by atoms with E-state index in [0.29, 0.717) is 27.6 Å². The van der Waals surface area contributed by atoms with Crippen molar-refractivity contribution >= 4 is 34.8 Å². The topological polar surface area (TPSA) is 61.9 Å². The summed E-state index contributed by atoms with van der Waals surface area (Å²) >= 11 is 6.14. The number of carbonyl (C=O) groups is 2. The molecule has 0 bridgehead atoms. The number of amides is 2. The molecule has 0 unspecified atom stereocenters. The van der Waals surface area contributed by atoms with Crippen LogP contribution in [0.5, 0.6) is 5.75 Å². The van der Waals surface area contributed by atoms with Crippen LogP contribution in [0.4, 0.5) is 11.4 Å². The second-order valence-electron chi connectivity index (χ2n) is 7.47. The van der Waals surface area contributed by atoms with Crippen molar-refractivity contribution in [2.24, 2.45) is 0 Å². The number of benzene rings is 2. The molecule has 7 heteroatoms. The zero-order valence-corrected chi connectivity index (χ0v) is 17.3. The fourth-order valence-electron chi connectivity index (χ4n) is 4.14. The largest absolute Gasteiger partial charge is 0.495 e. The number of ether oxygens (including phenoxy) is 1. The van der Waals surface area contributed by atoms with Crippen molar-refractivity contribution in [1.29, 1.82) is 0 Å². The summed E-state index contributed by atoms with van der Waals surface area (Å²) in [5, 5.41) is 3.28. The van der Waals surface area contributed by atoms with Crippen LogP contribution in [0.2, 0.25) is 5.02 Å². The van der Waals surface area contributed by atoms with Crippen LogP contribution in [0.3, 0.4) is 0 Å². The van der Waals surface area contributed by atoms with E-state index >= 15 is 0 Å². The van der Waals surface area contributed by atoms with Crippen LogP contribution < -0.4 is 15.0 Å². The molecule has 0 radical (unpaired) electrons. The molecule has 2 aromatic rings. The van der Waals surface area contributed by atoms with Gasteiger partial charge in [0.15, 0.2) is 0 Å². The average Bonchev–Trinajstić information content (AvgIpc) is 2.98. The van der Waals surface area contributed by atoms with Gasteiger partial charge in [0.05, 0.1) is 23.4 Å². The molecule has 0 aromatic heterocycles. The molecular weight excluding hydrogens is 390 g/mol. The molecule has 2 aliphatic rings. The highest BCUT2D eigenvalue weighted by atomic mass is 35.5. The number of carbonyl (C=O) groups excluding carboxylic acids is 2. The number of hydrogen-bond acceptors (Lipinski definition) is 4. The van der Waals surface area contributed by atoms with Crippen LogP contribution in [0.25, 0.3) is 0 Å². The Labute approximate surface area is 175 Å². The van der Waals surface area contributed by atoms with Crippen molar-refractivity contribution in [3.63, 3.8) is 0 Å². The molecule has 29 heavy (non-hydrogen) atoms. The van der Waals surface area contributed by atoms with E-state index in [1.807, 2.05) is 11.9 Å². The van der Waals surface area contributed by atoms with Crippen molar-refractivity contribution in [2.45, 2.75) is 31.8 Å². The molecule has 2 amide bonds. The number of nitrogens with one attached hydrogen (secondary N) is 1. The maximum atomic E-state index is 13.0. The standard InChI is InChI=1S/C22H24ClN3O3/c1-25-18-12-14(21(27)24-15-8-10-19(29-2)17(23)13-15)7-9-16(18)22(28)26-11-5-3-4-6-20(25)26/h7-10,12-13,20H,3-6,11H2,1-2H3,(H,24,27)/t20-/m1/s1. The summed E-state index contributed by atoms with van der Waals surface area (Å²) in [5.41, 5.74) is 2.53. The monoisotopic (exact) mass is 413 g/mol. The predicted molar refractivity (Wildman–Crippen MR) is 114 cm³/mol. The Morgan fingerprint density at radius 1 is 1.17 bits per heavy atom. The van der Waals surface area contributed by atoms with Gasteiger partial charge in [-0.2, -0.15) is 0 Å². The molecular formula is C22H24ClN3O3. The van der Waals surface area contributed by atoms with Gasteiger partial charge >= 0.3 is 0 Å². The minimum atomic E-state index is -0.252. The Balaban J connectivity index is 1.60. The van der Waals surface area contributed by atoms with E-state index in [1.54, 1.807) is 43.5 Å². The predicted octanol–water partition coefficient (Wildman–Crippen LogP) is 4.39. The molecule has 4 rings (SSSR count). The zero-order valence-electron chi connectivity index (χ0n) is 16.6. The van der Waals surface area contributed by atoms with E-state index in [9.17, 15) is 9.59 Å². The number of nitrogens with zero attached hydrogens (tertiary/aromatic N) is 2. The van der Waals surface area contributed by atoms with Crippen LogP contribution in [0, 0.1) is 0 Å². The minimum Gasteiger partial charge on any atom is -0.495 e. The number of anilines is 2.